The van der Waals surface area contributed by atoms with E-state index in [0.29, 0.717) is 5.84 Å². The molecular formula is C10H10N2O2. The second kappa shape index (κ2) is 3.49. The van der Waals surface area contributed by atoms with Gasteiger partial charge in [-0.3, -0.25) is 4.79 Å². The van der Waals surface area contributed by atoms with E-state index in [9.17, 15) is 4.79 Å². The summed E-state index contributed by atoms with van der Waals surface area (Å²) < 4.78 is 0. The monoisotopic (exact) mass is 190 g/mol. The van der Waals surface area contributed by atoms with Gasteiger partial charge in [0.15, 0.2) is 12.4 Å². The number of benzene rings is 1. The van der Waals surface area contributed by atoms with Crippen LogP contribution >= 0.6 is 0 Å². The van der Waals surface area contributed by atoms with Gasteiger partial charge in [-0.1, -0.05) is 29.4 Å². The molecular weight excluding hydrogens is 180 g/mol. The number of oxime groups is 1. The number of amidine groups is 1. The van der Waals surface area contributed by atoms with Gasteiger partial charge in [0.25, 0.3) is 5.91 Å². The Labute approximate surface area is 81.6 Å². The van der Waals surface area contributed by atoms with Crippen molar-refractivity contribution in [1.82, 2.24) is 5.32 Å². The molecule has 0 saturated heterocycles. The van der Waals surface area contributed by atoms with Crippen LogP contribution in [0.1, 0.15) is 11.1 Å². The lowest BCUT2D eigenvalue weighted by atomic mass is 10.1. The molecule has 4 heteroatoms. The molecule has 1 aliphatic heterocycles. The van der Waals surface area contributed by atoms with E-state index in [4.69, 9.17) is 4.84 Å². The fourth-order valence-corrected chi connectivity index (χ4v) is 1.30. The molecule has 2 rings (SSSR count). The number of hydrogen-bond acceptors (Lipinski definition) is 3. The molecule has 1 N–H and O–H groups in total. The second-order valence-electron chi connectivity index (χ2n) is 3.08. The fourth-order valence-electron chi connectivity index (χ4n) is 1.30. The minimum Gasteiger partial charge on any atom is -0.384 e. The Morgan fingerprint density at radius 3 is 2.93 bits per heavy atom. The van der Waals surface area contributed by atoms with Crippen molar-refractivity contribution >= 4 is 11.7 Å². The van der Waals surface area contributed by atoms with Gasteiger partial charge in [-0.15, -0.1) is 0 Å². The molecule has 1 aromatic carbocycles. The summed E-state index contributed by atoms with van der Waals surface area (Å²) in [4.78, 5) is 15.8. The molecule has 0 saturated carbocycles. The third kappa shape index (κ3) is 1.59. The zero-order valence-corrected chi connectivity index (χ0v) is 7.78. The molecule has 1 aliphatic rings. The highest BCUT2D eigenvalue weighted by Crippen LogP contribution is 2.08. The largest absolute Gasteiger partial charge is 0.384 e. The van der Waals surface area contributed by atoms with E-state index in [0.717, 1.165) is 11.1 Å². The first kappa shape index (κ1) is 8.74. The maximum atomic E-state index is 11.0. The van der Waals surface area contributed by atoms with Crippen molar-refractivity contribution in [3.63, 3.8) is 0 Å². The standard InChI is InChI=1S/C10H10N2O2/c1-7-4-2-3-5-8(7)10-11-9(13)6-14-12-10/h2-5H,6H2,1H3,(H,11,12,13). The Morgan fingerprint density at radius 2 is 2.21 bits per heavy atom. The van der Waals surface area contributed by atoms with Crippen LogP contribution in [0.15, 0.2) is 29.4 Å². The second-order valence-corrected chi connectivity index (χ2v) is 3.08. The van der Waals surface area contributed by atoms with E-state index in [1.165, 1.54) is 0 Å². The highest BCUT2D eigenvalue weighted by molar-refractivity contribution is 6.09. The highest BCUT2D eigenvalue weighted by Gasteiger charge is 2.15. The number of hydrogen-bond donors (Lipinski definition) is 1. The number of nitrogens with one attached hydrogen (secondary N) is 1. The van der Waals surface area contributed by atoms with Crippen LogP contribution < -0.4 is 5.32 Å². The first-order chi connectivity index (χ1) is 6.77. The summed E-state index contributed by atoms with van der Waals surface area (Å²) in [6.45, 7) is 1.95. The summed E-state index contributed by atoms with van der Waals surface area (Å²) in [5.41, 5.74) is 1.94. The van der Waals surface area contributed by atoms with E-state index in [-0.39, 0.29) is 12.5 Å². The molecule has 0 atom stereocenters. The number of rotatable bonds is 1. The molecule has 1 heterocycles. The van der Waals surface area contributed by atoms with Crippen molar-refractivity contribution in [3.8, 4) is 0 Å². The molecule has 0 unspecified atom stereocenters. The lowest BCUT2D eigenvalue weighted by Crippen LogP contribution is -2.38. The Hall–Kier alpha value is -1.84. The SMILES string of the molecule is Cc1ccccc1C1=NOCC(=O)N1. The number of aryl methyl sites for hydroxylation is 1. The molecule has 0 aromatic heterocycles. The fraction of sp³-hybridized carbons (Fsp3) is 0.200. The summed E-state index contributed by atoms with van der Waals surface area (Å²) in [5.74, 6) is 0.317. The van der Waals surface area contributed by atoms with Gasteiger partial charge >= 0.3 is 0 Å². The number of nitrogens with zero attached hydrogens (tertiary/aromatic N) is 1. The van der Waals surface area contributed by atoms with Crippen molar-refractivity contribution in [1.29, 1.82) is 0 Å². The van der Waals surface area contributed by atoms with Crippen molar-refractivity contribution in [2.24, 2.45) is 5.16 Å². The van der Waals surface area contributed by atoms with Gasteiger partial charge in [0.05, 0.1) is 0 Å². The van der Waals surface area contributed by atoms with Crippen LogP contribution in [-0.4, -0.2) is 18.3 Å². The molecule has 72 valence electrons. The minimum absolute atomic E-state index is 0.00458. The molecule has 4 nitrogen and oxygen atoms in total. The molecule has 0 aliphatic carbocycles. The Morgan fingerprint density at radius 1 is 1.43 bits per heavy atom. The van der Waals surface area contributed by atoms with Crippen LogP contribution in [0, 0.1) is 6.92 Å². The predicted octanol–water partition coefficient (Wildman–Crippen LogP) is 0.803. The average Bonchev–Trinajstić information content (AvgIpc) is 2.18. The lowest BCUT2D eigenvalue weighted by Gasteiger charge is -2.14. The Bertz CT molecular complexity index is 399. The first-order valence-electron chi connectivity index (χ1n) is 4.33. The molecule has 1 aromatic rings. The van der Waals surface area contributed by atoms with Crippen LogP contribution in [-0.2, 0) is 9.63 Å². The quantitative estimate of drug-likeness (QED) is 0.712. The zero-order chi connectivity index (χ0) is 9.97. The maximum Gasteiger partial charge on any atom is 0.266 e. The van der Waals surface area contributed by atoms with E-state index < -0.39 is 0 Å². The van der Waals surface area contributed by atoms with Gasteiger partial charge in [0.2, 0.25) is 0 Å². The van der Waals surface area contributed by atoms with Gasteiger partial charge in [-0.2, -0.15) is 0 Å². The van der Waals surface area contributed by atoms with E-state index in [2.05, 4.69) is 10.5 Å². The van der Waals surface area contributed by atoms with Gasteiger partial charge in [0.1, 0.15) is 0 Å². The van der Waals surface area contributed by atoms with Crippen LogP contribution in [0.5, 0.6) is 0 Å². The van der Waals surface area contributed by atoms with Crippen molar-refractivity contribution in [2.75, 3.05) is 6.61 Å². The van der Waals surface area contributed by atoms with Crippen molar-refractivity contribution in [3.05, 3.63) is 35.4 Å². The van der Waals surface area contributed by atoms with Crippen LogP contribution in [0.25, 0.3) is 0 Å². The maximum absolute atomic E-state index is 11.0. The van der Waals surface area contributed by atoms with Gasteiger partial charge in [-0.25, -0.2) is 0 Å². The van der Waals surface area contributed by atoms with Crippen LogP contribution in [0.4, 0.5) is 0 Å². The molecule has 1 amide bonds. The summed E-state index contributed by atoms with van der Waals surface area (Å²) >= 11 is 0. The number of amides is 1. The van der Waals surface area contributed by atoms with Crippen molar-refractivity contribution < 1.29 is 9.63 Å². The zero-order valence-electron chi connectivity index (χ0n) is 7.78. The van der Waals surface area contributed by atoms with Gasteiger partial charge in [-0.05, 0) is 12.5 Å². The predicted molar refractivity (Wildman–Crippen MR) is 51.8 cm³/mol. The minimum atomic E-state index is -0.168. The molecule has 0 bridgehead atoms. The molecule has 0 fully saturated rings. The highest BCUT2D eigenvalue weighted by atomic mass is 16.6. The van der Waals surface area contributed by atoms with E-state index in [1.807, 2.05) is 31.2 Å². The summed E-state index contributed by atoms with van der Waals surface area (Å²) in [5, 5.41) is 6.46. The van der Waals surface area contributed by atoms with Gasteiger partial charge in [0, 0.05) is 5.56 Å². The molecule has 0 spiro atoms. The normalized spacial score (nSPS) is 15.5. The Kier molecular flexibility index (Phi) is 2.18. The average molecular weight is 190 g/mol. The summed E-state index contributed by atoms with van der Waals surface area (Å²) in [6.07, 6.45) is 0. The van der Waals surface area contributed by atoms with Crippen LogP contribution in [0.2, 0.25) is 0 Å². The number of carbonyl (C=O) groups excluding carboxylic acids is 1. The third-order valence-electron chi connectivity index (χ3n) is 2.01. The lowest BCUT2D eigenvalue weighted by molar-refractivity contribution is -0.125. The van der Waals surface area contributed by atoms with Gasteiger partial charge < -0.3 is 10.2 Å². The molecule has 0 radical (unpaired) electrons. The first-order valence-corrected chi connectivity index (χ1v) is 4.33. The number of carbonyl (C=O) groups is 1. The van der Waals surface area contributed by atoms with Crippen molar-refractivity contribution in [2.45, 2.75) is 6.92 Å². The van der Waals surface area contributed by atoms with E-state index >= 15 is 0 Å². The summed E-state index contributed by atoms with van der Waals surface area (Å²) in [6, 6.07) is 7.68. The Balaban J connectivity index is 2.35. The van der Waals surface area contributed by atoms with E-state index in [1.54, 1.807) is 0 Å². The topological polar surface area (TPSA) is 50.7 Å². The van der Waals surface area contributed by atoms with Crippen LogP contribution in [0.3, 0.4) is 0 Å². The third-order valence-corrected chi connectivity index (χ3v) is 2.01. The summed E-state index contributed by atoms with van der Waals surface area (Å²) in [7, 11) is 0. The molecule has 14 heavy (non-hydrogen) atoms. The smallest absolute Gasteiger partial charge is 0.266 e.